The third-order valence-electron chi connectivity index (χ3n) is 7.28. The molecule has 1 unspecified atom stereocenters. The van der Waals surface area contributed by atoms with E-state index in [1.54, 1.807) is 0 Å². The molecule has 7 rings (SSSR count). The average molecular weight is 465 g/mol. The molecule has 2 aromatic carbocycles. The van der Waals surface area contributed by atoms with Crippen LogP contribution >= 0.6 is 0 Å². The van der Waals surface area contributed by atoms with Crippen LogP contribution in [0.3, 0.4) is 0 Å². The summed E-state index contributed by atoms with van der Waals surface area (Å²) in [5, 5.41) is 8.08. The number of nitrogens with one attached hydrogen (secondary N) is 4. The van der Waals surface area contributed by atoms with Crippen LogP contribution < -0.4 is 10.6 Å². The van der Waals surface area contributed by atoms with Gasteiger partial charge in [-0.25, -0.2) is 9.97 Å². The van der Waals surface area contributed by atoms with Gasteiger partial charge in [0.05, 0.1) is 35.9 Å². The van der Waals surface area contributed by atoms with Crippen molar-refractivity contribution >= 4 is 11.0 Å². The topological polar surface area (TPSA) is 94.6 Å². The SMILES string of the molecule is c1cc2oc(-c3ccc(-c4cnc([C@@H]5CCCN5)[nH]4)cc3)cc2cc1-c1cnc(C2CCCN2)[nH]1. The maximum atomic E-state index is 6.18. The first-order chi connectivity index (χ1) is 17.3. The molecule has 4 N–H and O–H groups in total. The standard InChI is InChI=1S/C28H28N6O/c1-3-21(29-11-1)27-31-15-23(33-27)17-5-7-18(8-6-17)26-14-20-13-19(9-10-25(20)35-26)24-16-32-28(34-24)22-4-2-12-30-22/h5-10,13-16,21-22,29-30H,1-4,11-12H2,(H,31,33)(H,32,34)/t21-,22?/m0/s1. The molecule has 5 heterocycles. The number of benzene rings is 2. The number of fused-ring (bicyclic) bond motifs is 1. The summed E-state index contributed by atoms with van der Waals surface area (Å²) in [6.45, 7) is 2.13. The molecule has 2 aliphatic rings. The predicted octanol–water partition coefficient (Wildman–Crippen LogP) is 5.73. The average Bonchev–Trinajstić information content (AvgIpc) is 3.73. The summed E-state index contributed by atoms with van der Waals surface area (Å²) in [5.41, 5.74) is 6.25. The lowest BCUT2D eigenvalue weighted by molar-refractivity contribution is 0.613. The number of furan rings is 1. The van der Waals surface area contributed by atoms with Crippen LogP contribution in [-0.4, -0.2) is 33.0 Å². The molecule has 0 aliphatic carbocycles. The summed E-state index contributed by atoms with van der Waals surface area (Å²) in [4.78, 5) is 16.2. The zero-order valence-electron chi connectivity index (χ0n) is 19.5. The van der Waals surface area contributed by atoms with E-state index in [1.807, 2.05) is 18.5 Å². The monoisotopic (exact) mass is 464 g/mol. The van der Waals surface area contributed by atoms with Crippen molar-refractivity contribution in [1.82, 2.24) is 30.6 Å². The van der Waals surface area contributed by atoms with E-state index in [-0.39, 0.29) is 0 Å². The van der Waals surface area contributed by atoms with Gasteiger partial charge in [-0.2, -0.15) is 0 Å². The third-order valence-corrected chi connectivity index (χ3v) is 7.28. The summed E-state index contributed by atoms with van der Waals surface area (Å²) in [5.74, 6) is 2.91. The van der Waals surface area contributed by atoms with Crippen LogP contribution in [0.2, 0.25) is 0 Å². The van der Waals surface area contributed by atoms with E-state index in [1.165, 1.54) is 12.8 Å². The van der Waals surface area contributed by atoms with Crippen molar-refractivity contribution in [1.29, 1.82) is 0 Å². The highest BCUT2D eigenvalue weighted by Crippen LogP contribution is 2.33. The van der Waals surface area contributed by atoms with E-state index in [4.69, 9.17) is 4.42 Å². The van der Waals surface area contributed by atoms with Crippen LogP contribution in [0.1, 0.15) is 49.4 Å². The lowest BCUT2D eigenvalue weighted by Crippen LogP contribution is -2.14. The fourth-order valence-electron chi connectivity index (χ4n) is 5.32. The highest BCUT2D eigenvalue weighted by atomic mass is 16.3. The molecule has 0 spiro atoms. The lowest BCUT2D eigenvalue weighted by Gasteiger charge is -2.05. The van der Waals surface area contributed by atoms with Crippen LogP contribution in [0, 0.1) is 0 Å². The van der Waals surface area contributed by atoms with E-state index in [9.17, 15) is 0 Å². The minimum atomic E-state index is 0.337. The van der Waals surface area contributed by atoms with Crippen molar-refractivity contribution < 1.29 is 4.42 Å². The Kier molecular flexibility index (Phi) is 5.03. The zero-order chi connectivity index (χ0) is 23.2. The second-order valence-electron chi connectivity index (χ2n) is 9.60. The minimum Gasteiger partial charge on any atom is -0.456 e. The van der Waals surface area contributed by atoms with Crippen molar-refractivity contribution in [3.8, 4) is 33.8 Å². The first kappa shape index (κ1) is 20.7. The molecule has 35 heavy (non-hydrogen) atoms. The Morgan fingerprint density at radius 3 is 1.91 bits per heavy atom. The third kappa shape index (κ3) is 3.87. The molecule has 3 aromatic heterocycles. The van der Waals surface area contributed by atoms with Crippen molar-refractivity contribution in [2.45, 2.75) is 37.8 Å². The van der Waals surface area contributed by atoms with Gasteiger partial charge in [0, 0.05) is 16.5 Å². The Balaban J connectivity index is 1.12. The van der Waals surface area contributed by atoms with Crippen molar-refractivity contribution in [3.63, 3.8) is 0 Å². The summed E-state index contributed by atoms with van der Waals surface area (Å²) < 4.78 is 6.18. The largest absolute Gasteiger partial charge is 0.456 e. The van der Waals surface area contributed by atoms with Gasteiger partial charge >= 0.3 is 0 Å². The number of H-pyrrole nitrogens is 2. The molecule has 5 aromatic rings. The molecule has 0 bridgehead atoms. The lowest BCUT2D eigenvalue weighted by atomic mass is 10.1. The summed E-state index contributed by atoms with van der Waals surface area (Å²) >= 11 is 0. The van der Waals surface area contributed by atoms with Gasteiger partial charge in [0.15, 0.2) is 0 Å². The van der Waals surface area contributed by atoms with Crippen LogP contribution in [0.5, 0.6) is 0 Å². The normalized spacial score (nSPS) is 20.2. The second-order valence-corrected chi connectivity index (χ2v) is 9.60. The molecule has 2 fully saturated rings. The van der Waals surface area contributed by atoms with Gasteiger partial charge in [0.25, 0.3) is 0 Å². The number of hydrogen-bond acceptors (Lipinski definition) is 5. The molecule has 2 atom stereocenters. The minimum absolute atomic E-state index is 0.337. The number of rotatable bonds is 5. The van der Waals surface area contributed by atoms with Gasteiger partial charge in [0.1, 0.15) is 23.0 Å². The molecule has 176 valence electrons. The Morgan fingerprint density at radius 1 is 0.686 bits per heavy atom. The maximum Gasteiger partial charge on any atom is 0.135 e. The first-order valence-electron chi connectivity index (χ1n) is 12.5. The number of aromatic nitrogens is 4. The highest BCUT2D eigenvalue weighted by molar-refractivity contribution is 5.87. The Morgan fingerprint density at radius 2 is 1.29 bits per heavy atom. The number of aromatic amines is 2. The molecule has 7 heteroatoms. The van der Waals surface area contributed by atoms with Crippen LogP contribution in [0.15, 0.2) is 65.3 Å². The highest BCUT2D eigenvalue weighted by Gasteiger charge is 2.20. The molecule has 2 saturated heterocycles. The predicted molar refractivity (Wildman–Crippen MR) is 137 cm³/mol. The Labute approximate surface area is 203 Å². The van der Waals surface area contributed by atoms with Crippen LogP contribution in [0.25, 0.3) is 44.8 Å². The fourth-order valence-corrected chi connectivity index (χ4v) is 5.32. The molecule has 7 nitrogen and oxygen atoms in total. The van der Waals surface area contributed by atoms with E-state index in [0.29, 0.717) is 12.1 Å². The molecule has 0 radical (unpaired) electrons. The van der Waals surface area contributed by atoms with Gasteiger partial charge in [-0.1, -0.05) is 24.3 Å². The second kappa shape index (κ2) is 8.52. The van der Waals surface area contributed by atoms with Gasteiger partial charge in [-0.05, 0) is 68.6 Å². The maximum absolute atomic E-state index is 6.18. The molecular weight excluding hydrogens is 436 g/mol. The fraction of sp³-hybridized carbons (Fsp3) is 0.286. The molecule has 2 aliphatic heterocycles. The van der Waals surface area contributed by atoms with Gasteiger partial charge in [0.2, 0.25) is 0 Å². The summed E-state index contributed by atoms with van der Waals surface area (Å²) in [7, 11) is 0. The van der Waals surface area contributed by atoms with Crippen molar-refractivity contribution in [3.05, 3.63) is 72.6 Å². The van der Waals surface area contributed by atoms with Crippen LogP contribution in [-0.2, 0) is 0 Å². The summed E-state index contributed by atoms with van der Waals surface area (Å²) in [6.07, 6.45) is 8.53. The van der Waals surface area contributed by atoms with E-state index >= 15 is 0 Å². The van der Waals surface area contributed by atoms with Crippen LogP contribution in [0.4, 0.5) is 0 Å². The van der Waals surface area contributed by atoms with Gasteiger partial charge < -0.3 is 25.0 Å². The van der Waals surface area contributed by atoms with E-state index in [0.717, 1.165) is 82.4 Å². The number of imidazole rings is 2. The molecular formula is C28H28N6O. The van der Waals surface area contributed by atoms with Gasteiger partial charge in [-0.15, -0.1) is 0 Å². The smallest absolute Gasteiger partial charge is 0.135 e. The molecule has 0 amide bonds. The van der Waals surface area contributed by atoms with Crippen molar-refractivity contribution in [2.24, 2.45) is 0 Å². The quantitative estimate of drug-likeness (QED) is 0.267. The Hall–Kier alpha value is -3.68. The van der Waals surface area contributed by atoms with Crippen molar-refractivity contribution in [2.75, 3.05) is 13.1 Å². The van der Waals surface area contributed by atoms with E-state index in [2.05, 4.69) is 73.0 Å². The summed E-state index contributed by atoms with van der Waals surface area (Å²) in [6, 6.07) is 17.6. The molecule has 0 saturated carbocycles. The van der Waals surface area contributed by atoms with Gasteiger partial charge in [-0.3, -0.25) is 0 Å². The number of nitrogens with zero attached hydrogens (tertiary/aromatic N) is 2. The Bertz CT molecular complexity index is 1460. The zero-order valence-corrected chi connectivity index (χ0v) is 19.5. The first-order valence-corrected chi connectivity index (χ1v) is 12.5. The number of hydrogen-bond donors (Lipinski definition) is 4. The van der Waals surface area contributed by atoms with E-state index < -0.39 is 0 Å².